The molecule has 1 aromatic carbocycles. The van der Waals surface area contributed by atoms with Crippen molar-refractivity contribution in [3.63, 3.8) is 0 Å². The fraction of sp³-hybridized carbons (Fsp3) is 0.154. The molecule has 0 saturated carbocycles. The van der Waals surface area contributed by atoms with Crippen LogP contribution in [0.15, 0.2) is 29.4 Å². The summed E-state index contributed by atoms with van der Waals surface area (Å²) in [5.74, 6) is 0.532. The van der Waals surface area contributed by atoms with Crippen LogP contribution in [0.5, 0.6) is 0 Å². The number of aromatic nitrogens is 2. The largest absolute Gasteiger partial charge is 0.366 e. The highest BCUT2D eigenvalue weighted by atomic mass is 35.5. The van der Waals surface area contributed by atoms with Crippen molar-refractivity contribution < 1.29 is 4.79 Å². The Kier molecular flexibility index (Phi) is 5.70. The number of rotatable bonds is 4. The monoisotopic (exact) mass is 361 g/mol. The van der Waals surface area contributed by atoms with Crippen LogP contribution in [0.2, 0.25) is 15.2 Å². The molecular weight excluding hydrogens is 353 g/mol. The Labute approximate surface area is 141 Å². The molecule has 4 nitrogen and oxygen atoms in total. The van der Waals surface area contributed by atoms with Crippen LogP contribution < -0.4 is 5.32 Å². The molecule has 0 bridgehead atoms. The van der Waals surface area contributed by atoms with Gasteiger partial charge in [0.05, 0.1) is 10.0 Å². The highest BCUT2D eigenvalue weighted by molar-refractivity contribution is 8.13. The van der Waals surface area contributed by atoms with E-state index in [1.54, 1.807) is 18.2 Å². The van der Waals surface area contributed by atoms with Crippen molar-refractivity contribution in [3.8, 4) is 0 Å². The Morgan fingerprint density at radius 3 is 2.62 bits per heavy atom. The number of thioether (sulfide) groups is 1. The van der Waals surface area contributed by atoms with E-state index in [9.17, 15) is 4.79 Å². The van der Waals surface area contributed by atoms with E-state index >= 15 is 0 Å². The maximum atomic E-state index is 11.1. The minimum atomic E-state index is -0.104. The topological polar surface area (TPSA) is 54.9 Å². The second-order valence-corrected chi connectivity index (χ2v) is 6.40. The fourth-order valence-corrected chi connectivity index (χ4v) is 2.60. The van der Waals surface area contributed by atoms with Gasteiger partial charge in [0.2, 0.25) is 0 Å². The van der Waals surface area contributed by atoms with E-state index in [0.29, 0.717) is 27.6 Å². The highest BCUT2D eigenvalue weighted by Crippen LogP contribution is 2.24. The van der Waals surface area contributed by atoms with Crippen molar-refractivity contribution in [1.82, 2.24) is 9.97 Å². The molecule has 0 spiro atoms. The number of nitrogens with one attached hydrogen (secondary N) is 1. The molecule has 1 N–H and O–H groups in total. The van der Waals surface area contributed by atoms with Gasteiger partial charge in [-0.05, 0) is 29.5 Å². The summed E-state index contributed by atoms with van der Waals surface area (Å²) in [6.45, 7) is 1.94. The lowest BCUT2D eigenvalue weighted by Crippen LogP contribution is -2.03. The first-order valence-electron chi connectivity index (χ1n) is 5.85. The van der Waals surface area contributed by atoms with E-state index in [2.05, 4.69) is 15.3 Å². The second kappa shape index (κ2) is 7.31. The van der Waals surface area contributed by atoms with Gasteiger partial charge in [0.25, 0.3) is 0 Å². The number of hydrogen-bond donors (Lipinski definition) is 1. The van der Waals surface area contributed by atoms with Crippen LogP contribution in [0.1, 0.15) is 12.5 Å². The summed E-state index contributed by atoms with van der Waals surface area (Å²) in [7, 11) is 0. The first kappa shape index (κ1) is 16.4. The van der Waals surface area contributed by atoms with Crippen molar-refractivity contribution >= 4 is 57.5 Å². The van der Waals surface area contributed by atoms with Gasteiger partial charge >= 0.3 is 0 Å². The van der Waals surface area contributed by atoms with Gasteiger partial charge in [-0.1, -0.05) is 40.9 Å². The smallest absolute Gasteiger partial charge is 0.198 e. The number of carbonyl (C=O) groups excluding carboxylic acids is 1. The molecule has 2 aromatic rings. The predicted molar refractivity (Wildman–Crippen MR) is 87.4 cm³/mol. The number of nitrogens with zero attached hydrogens (tertiary/aromatic N) is 2. The van der Waals surface area contributed by atoms with E-state index in [1.807, 2.05) is 6.07 Å². The van der Waals surface area contributed by atoms with E-state index in [4.69, 9.17) is 34.8 Å². The minimum Gasteiger partial charge on any atom is -0.366 e. The van der Waals surface area contributed by atoms with Gasteiger partial charge in [0.1, 0.15) is 11.0 Å². The quantitative estimate of drug-likeness (QED) is 0.486. The molecule has 0 fully saturated rings. The Hall–Kier alpha value is -1.01. The number of hydrogen-bond acceptors (Lipinski definition) is 5. The molecule has 1 heterocycles. The summed E-state index contributed by atoms with van der Waals surface area (Å²) in [6, 6.07) is 6.94. The third-order valence-electron chi connectivity index (χ3n) is 2.37. The third kappa shape index (κ3) is 5.04. The predicted octanol–water partition coefficient (Wildman–Crippen LogP) is 4.69. The lowest BCUT2D eigenvalue weighted by molar-refractivity contribution is -0.109. The molecule has 21 heavy (non-hydrogen) atoms. The van der Waals surface area contributed by atoms with Crippen LogP contribution in [0.25, 0.3) is 0 Å². The highest BCUT2D eigenvalue weighted by Gasteiger charge is 2.07. The average molecular weight is 363 g/mol. The zero-order valence-corrected chi connectivity index (χ0v) is 13.9. The number of anilines is 1. The van der Waals surface area contributed by atoms with E-state index in [1.165, 1.54) is 6.92 Å². The van der Waals surface area contributed by atoms with Crippen molar-refractivity contribution in [2.75, 3.05) is 5.32 Å². The summed E-state index contributed by atoms with van der Waals surface area (Å²) in [5.41, 5.74) is 0.944. The molecule has 8 heteroatoms. The Morgan fingerprint density at radius 2 is 1.95 bits per heavy atom. The van der Waals surface area contributed by atoms with Gasteiger partial charge in [0.15, 0.2) is 10.3 Å². The van der Waals surface area contributed by atoms with Gasteiger partial charge in [-0.2, -0.15) is 0 Å². The maximum Gasteiger partial charge on any atom is 0.198 e. The number of carbonyl (C=O) groups is 1. The number of benzene rings is 1. The maximum absolute atomic E-state index is 11.1. The molecule has 0 aliphatic carbocycles. The molecule has 0 atom stereocenters. The van der Waals surface area contributed by atoms with Gasteiger partial charge in [-0.15, -0.1) is 0 Å². The molecular formula is C13H10Cl3N3OS. The molecule has 0 aliphatic rings. The first-order chi connectivity index (χ1) is 9.94. The summed E-state index contributed by atoms with van der Waals surface area (Å²) in [4.78, 5) is 19.3. The van der Waals surface area contributed by atoms with Gasteiger partial charge in [0, 0.05) is 19.5 Å². The third-order valence-corrected chi connectivity index (χ3v) is 3.95. The van der Waals surface area contributed by atoms with Crippen LogP contribution in [-0.4, -0.2) is 15.1 Å². The molecule has 0 amide bonds. The van der Waals surface area contributed by atoms with Crippen LogP contribution in [-0.2, 0) is 11.3 Å². The van der Waals surface area contributed by atoms with E-state index in [-0.39, 0.29) is 10.3 Å². The SMILES string of the molecule is CC(=O)Sc1nc(Cl)cc(NCc2ccc(Cl)c(Cl)c2)n1. The average Bonchev–Trinajstić information content (AvgIpc) is 2.39. The molecule has 0 radical (unpaired) electrons. The zero-order chi connectivity index (χ0) is 15.4. The molecule has 0 saturated heterocycles. The van der Waals surface area contributed by atoms with Crippen molar-refractivity contribution in [1.29, 1.82) is 0 Å². The summed E-state index contributed by atoms with van der Waals surface area (Å²) < 4.78 is 0. The summed E-state index contributed by atoms with van der Waals surface area (Å²) >= 11 is 18.7. The first-order valence-corrected chi connectivity index (χ1v) is 7.80. The van der Waals surface area contributed by atoms with E-state index in [0.717, 1.165) is 17.3 Å². The Balaban J connectivity index is 2.10. The van der Waals surface area contributed by atoms with Crippen LogP contribution in [0.3, 0.4) is 0 Å². The van der Waals surface area contributed by atoms with Crippen LogP contribution in [0.4, 0.5) is 5.82 Å². The zero-order valence-electron chi connectivity index (χ0n) is 10.9. The second-order valence-electron chi connectivity index (χ2n) is 4.05. The number of halogens is 3. The Bertz CT molecular complexity index is 682. The standard InChI is InChI=1S/C13H10Cl3N3OS/c1-7(20)21-13-18-11(16)5-12(19-13)17-6-8-2-3-9(14)10(15)4-8/h2-5H,6H2,1H3,(H,17,18,19). The van der Waals surface area contributed by atoms with Crippen molar-refractivity contribution in [3.05, 3.63) is 45.0 Å². The fourth-order valence-electron chi connectivity index (χ4n) is 1.50. The normalized spacial score (nSPS) is 10.5. The molecule has 0 unspecified atom stereocenters. The van der Waals surface area contributed by atoms with Crippen LogP contribution in [0, 0.1) is 0 Å². The molecule has 0 aliphatic heterocycles. The molecule has 1 aromatic heterocycles. The van der Waals surface area contributed by atoms with E-state index < -0.39 is 0 Å². The van der Waals surface area contributed by atoms with Gasteiger partial charge < -0.3 is 5.32 Å². The minimum absolute atomic E-state index is 0.104. The lowest BCUT2D eigenvalue weighted by atomic mass is 10.2. The summed E-state index contributed by atoms with van der Waals surface area (Å²) in [6.07, 6.45) is 0. The molecule has 110 valence electrons. The van der Waals surface area contributed by atoms with Gasteiger partial charge in [-0.25, -0.2) is 9.97 Å². The van der Waals surface area contributed by atoms with Crippen LogP contribution >= 0.6 is 46.6 Å². The van der Waals surface area contributed by atoms with Gasteiger partial charge in [-0.3, -0.25) is 4.79 Å². The van der Waals surface area contributed by atoms with Crippen molar-refractivity contribution in [2.45, 2.75) is 18.6 Å². The summed E-state index contributed by atoms with van der Waals surface area (Å²) in [5, 5.41) is 4.57. The Morgan fingerprint density at radius 1 is 1.19 bits per heavy atom. The lowest BCUT2D eigenvalue weighted by Gasteiger charge is -2.08. The molecule has 2 rings (SSSR count). The van der Waals surface area contributed by atoms with Crippen molar-refractivity contribution in [2.24, 2.45) is 0 Å².